The van der Waals surface area contributed by atoms with Crippen LogP contribution in [0.5, 0.6) is 0 Å². The number of hydrogen-bond acceptors (Lipinski definition) is 4. The second kappa shape index (κ2) is 8.18. The minimum Gasteiger partial charge on any atom is -0.324 e. The fourth-order valence-electron chi connectivity index (χ4n) is 3.05. The zero-order chi connectivity index (χ0) is 20.4. The lowest BCUT2D eigenvalue weighted by molar-refractivity contribution is 0.0848. The van der Waals surface area contributed by atoms with Crippen molar-refractivity contribution < 1.29 is 9.59 Å². The van der Waals surface area contributed by atoms with E-state index in [9.17, 15) is 9.59 Å². The van der Waals surface area contributed by atoms with Crippen LogP contribution in [0.1, 0.15) is 27.0 Å². The number of rotatable bonds is 4. The Balaban J connectivity index is 1.51. The van der Waals surface area contributed by atoms with Crippen molar-refractivity contribution in [2.45, 2.75) is 13.5 Å². The van der Waals surface area contributed by atoms with Crippen LogP contribution in [-0.4, -0.2) is 21.4 Å². The van der Waals surface area contributed by atoms with Gasteiger partial charge in [-0.1, -0.05) is 24.3 Å². The molecule has 146 valence electrons. The van der Waals surface area contributed by atoms with Gasteiger partial charge in [0.2, 0.25) is 0 Å². The maximum atomic E-state index is 12.5. The first-order chi connectivity index (χ1) is 14.1. The third kappa shape index (κ3) is 3.81. The van der Waals surface area contributed by atoms with Crippen molar-refractivity contribution in [1.29, 1.82) is 0 Å². The number of amides is 2. The standard InChI is InChI=1S/C21H17BrN4O2S/c1-2-26-16-10-6-5-9-15(16)23-19(26)17-11-12-18(29-17)21(28)25-24-20(27)13-7-3-4-8-14(13)22/h3-12H,2H2,1H3,(H,24,27)(H,25,28). The van der Waals surface area contributed by atoms with Gasteiger partial charge >= 0.3 is 0 Å². The highest BCUT2D eigenvalue weighted by molar-refractivity contribution is 9.10. The zero-order valence-electron chi connectivity index (χ0n) is 15.5. The van der Waals surface area contributed by atoms with E-state index in [0.29, 0.717) is 14.9 Å². The minimum atomic E-state index is -0.393. The summed E-state index contributed by atoms with van der Waals surface area (Å²) in [5.74, 6) is 0.0613. The number of benzene rings is 2. The van der Waals surface area contributed by atoms with E-state index in [1.165, 1.54) is 11.3 Å². The Labute approximate surface area is 179 Å². The SMILES string of the molecule is CCn1c(-c2ccc(C(=O)NNC(=O)c3ccccc3Br)s2)nc2ccccc21. The van der Waals surface area contributed by atoms with E-state index in [4.69, 9.17) is 4.98 Å². The van der Waals surface area contributed by atoms with Gasteiger partial charge in [-0.3, -0.25) is 20.4 Å². The summed E-state index contributed by atoms with van der Waals surface area (Å²) >= 11 is 4.66. The third-order valence-electron chi connectivity index (χ3n) is 4.43. The number of nitrogens with zero attached hydrogens (tertiary/aromatic N) is 2. The van der Waals surface area contributed by atoms with Gasteiger partial charge in [-0.15, -0.1) is 11.3 Å². The Morgan fingerprint density at radius 3 is 2.52 bits per heavy atom. The fraction of sp³-hybridized carbons (Fsp3) is 0.0952. The van der Waals surface area contributed by atoms with E-state index >= 15 is 0 Å². The third-order valence-corrected chi connectivity index (χ3v) is 6.20. The number of carbonyl (C=O) groups excluding carboxylic acids is 2. The number of halogens is 1. The number of fused-ring (bicyclic) bond motifs is 1. The molecule has 0 atom stereocenters. The molecule has 2 aromatic heterocycles. The van der Waals surface area contributed by atoms with Gasteiger partial charge in [0.25, 0.3) is 11.8 Å². The van der Waals surface area contributed by atoms with E-state index < -0.39 is 5.91 Å². The minimum absolute atomic E-state index is 0.374. The summed E-state index contributed by atoms with van der Waals surface area (Å²) in [6, 6.07) is 18.6. The first-order valence-electron chi connectivity index (χ1n) is 8.99. The van der Waals surface area contributed by atoms with E-state index in [0.717, 1.165) is 28.3 Å². The quantitative estimate of drug-likeness (QED) is 0.429. The van der Waals surface area contributed by atoms with Gasteiger partial charge in [-0.25, -0.2) is 4.98 Å². The second-order valence-electron chi connectivity index (χ2n) is 6.22. The molecule has 8 heteroatoms. The summed E-state index contributed by atoms with van der Waals surface area (Å²) < 4.78 is 2.78. The number of nitrogens with one attached hydrogen (secondary N) is 2. The number of aromatic nitrogens is 2. The number of para-hydroxylation sites is 2. The molecule has 0 bridgehead atoms. The van der Waals surface area contributed by atoms with Crippen molar-refractivity contribution in [3.63, 3.8) is 0 Å². The van der Waals surface area contributed by atoms with Crippen LogP contribution in [0.3, 0.4) is 0 Å². The molecule has 0 aliphatic carbocycles. The molecule has 2 aromatic carbocycles. The van der Waals surface area contributed by atoms with Crippen LogP contribution >= 0.6 is 27.3 Å². The molecule has 0 aliphatic heterocycles. The topological polar surface area (TPSA) is 76.0 Å². The van der Waals surface area contributed by atoms with Gasteiger partial charge in [0.05, 0.1) is 26.4 Å². The molecule has 0 saturated carbocycles. The molecule has 0 radical (unpaired) electrons. The maximum Gasteiger partial charge on any atom is 0.279 e. The van der Waals surface area contributed by atoms with Crippen LogP contribution in [-0.2, 0) is 6.54 Å². The van der Waals surface area contributed by atoms with Crippen LogP contribution in [0.25, 0.3) is 21.7 Å². The number of hydrazine groups is 1. The first-order valence-corrected chi connectivity index (χ1v) is 10.6. The molecule has 0 unspecified atom stereocenters. The van der Waals surface area contributed by atoms with E-state index in [-0.39, 0.29) is 5.91 Å². The number of carbonyl (C=O) groups is 2. The van der Waals surface area contributed by atoms with Crippen LogP contribution in [0, 0.1) is 0 Å². The van der Waals surface area contributed by atoms with Crippen LogP contribution in [0.15, 0.2) is 65.1 Å². The highest BCUT2D eigenvalue weighted by atomic mass is 79.9. The first kappa shape index (κ1) is 19.4. The van der Waals surface area contributed by atoms with Crippen molar-refractivity contribution in [3.8, 4) is 10.7 Å². The van der Waals surface area contributed by atoms with E-state index in [1.54, 1.807) is 24.3 Å². The molecular formula is C21H17BrN4O2S. The largest absolute Gasteiger partial charge is 0.324 e. The summed E-state index contributed by atoms with van der Waals surface area (Å²) in [6.07, 6.45) is 0. The number of thiophene rings is 1. The average molecular weight is 469 g/mol. The molecule has 0 fully saturated rings. The lowest BCUT2D eigenvalue weighted by Gasteiger charge is -2.07. The average Bonchev–Trinajstić information content (AvgIpc) is 3.36. The molecule has 2 N–H and O–H groups in total. The molecule has 2 amide bonds. The summed E-state index contributed by atoms with van der Waals surface area (Å²) in [6.45, 7) is 2.84. The van der Waals surface area contributed by atoms with E-state index in [2.05, 4.69) is 38.3 Å². The predicted octanol–water partition coefficient (Wildman–Crippen LogP) is 4.62. The van der Waals surface area contributed by atoms with Gasteiger partial charge in [-0.2, -0.15) is 0 Å². The summed E-state index contributed by atoms with van der Waals surface area (Å²) in [4.78, 5) is 30.8. The Morgan fingerprint density at radius 1 is 1.00 bits per heavy atom. The predicted molar refractivity (Wildman–Crippen MR) is 118 cm³/mol. The lowest BCUT2D eigenvalue weighted by Crippen LogP contribution is -2.41. The van der Waals surface area contributed by atoms with Gasteiger partial charge in [0.15, 0.2) is 5.82 Å². The summed E-state index contributed by atoms with van der Waals surface area (Å²) in [5, 5.41) is 0. The molecule has 29 heavy (non-hydrogen) atoms. The van der Waals surface area contributed by atoms with Gasteiger partial charge < -0.3 is 4.57 Å². The zero-order valence-corrected chi connectivity index (χ0v) is 17.9. The monoisotopic (exact) mass is 468 g/mol. The number of aryl methyl sites for hydroxylation is 1. The highest BCUT2D eigenvalue weighted by Gasteiger charge is 2.17. The highest BCUT2D eigenvalue weighted by Crippen LogP contribution is 2.30. The molecule has 0 spiro atoms. The van der Waals surface area contributed by atoms with Gasteiger partial charge in [-0.05, 0) is 59.3 Å². The summed E-state index contributed by atoms with van der Waals surface area (Å²) in [7, 11) is 0. The Morgan fingerprint density at radius 2 is 1.72 bits per heavy atom. The van der Waals surface area contributed by atoms with Crippen LogP contribution in [0.2, 0.25) is 0 Å². The molecule has 4 aromatic rings. The molecular weight excluding hydrogens is 452 g/mol. The number of imidazole rings is 1. The van der Waals surface area contributed by atoms with Gasteiger partial charge in [0, 0.05) is 11.0 Å². The normalized spacial score (nSPS) is 10.8. The lowest BCUT2D eigenvalue weighted by atomic mass is 10.2. The Kier molecular flexibility index (Phi) is 5.46. The molecule has 2 heterocycles. The van der Waals surface area contributed by atoms with Crippen molar-refractivity contribution in [2.75, 3.05) is 0 Å². The molecule has 0 saturated heterocycles. The molecule has 4 rings (SSSR count). The molecule has 0 aliphatic rings. The van der Waals surface area contributed by atoms with E-state index in [1.807, 2.05) is 36.4 Å². The maximum absolute atomic E-state index is 12.5. The van der Waals surface area contributed by atoms with Crippen LogP contribution < -0.4 is 10.9 Å². The van der Waals surface area contributed by atoms with Crippen molar-refractivity contribution in [3.05, 3.63) is 75.6 Å². The van der Waals surface area contributed by atoms with Crippen LogP contribution in [0.4, 0.5) is 0 Å². The molecule has 6 nitrogen and oxygen atoms in total. The summed E-state index contributed by atoms with van der Waals surface area (Å²) in [5.41, 5.74) is 7.34. The fourth-order valence-corrected chi connectivity index (χ4v) is 4.42. The Bertz CT molecular complexity index is 1210. The van der Waals surface area contributed by atoms with Crippen molar-refractivity contribution in [2.24, 2.45) is 0 Å². The second-order valence-corrected chi connectivity index (χ2v) is 8.16. The Hall–Kier alpha value is -2.97. The smallest absolute Gasteiger partial charge is 0.279 e. The van der Waals surface area contributed by atoms with Crippen molar-refractivity contribution >= 4 is 50.1 Å². The number of hydrogen-bond donors (Lipinski definition) is 2. The van der Waals surface area contributed by atoms with Gasteiger partial charge in [0.1, 0.15) is 0 Å². The van der Waals surface area contributed by atoms with Crippen molar-refractivity contribution in [1.82, 2.24) is 20.4 Å².